The molecule has 0 bridgehead atoms. The Morgan fingerprint density at radius 1 is 1.22 bits per heavy atom. The zero-order chi connectivity index (χ0) is 19.0. The maximum atomic E-state index is 12.6. The molecule has 0 aliphatic rings. The molecule has 2 N–H and O–H groups in total. The first-order chi connectivity index (χ1) is 13.0. The molecule has 0 saturated carbocycles. The Bertz CT molecular complexity index is 1200. The van der Waals surface area contributed by atoms with E-state index < -0.39 is 0 Å². The predicted octanol–water partition coefficient (Wildman–Crippen LogP) is 2.15. The van der Waals surface area contributed by atoms with E-state index in [0.29, 0.717) is 16.7 Å². The molecule has 3 aromatic heterocycles. The van der Waals surface area contributed by atoms with Crippen LogP contribution in [0.3, 0.4) is 0 Å². The number of nitrogens with two attached hydrogens (primary N) is 1. The van der Waals surface area contributed by atoms with Gasteiger partial charge in [-0.15, -0.1) is 0 Å². The second-order valence-electron chi connectivity index (χ2n) is 6.35. The van der Waals surface area contributed by atoms with Gasteiger partial charge < -0.3 is 10.3 Å². The Morgan fingerprint density at radius 3 is 2.93 bits per heavy atom. The van der Waals surface area contributed by atoms with Crippen molar-refractivity contribution in [2.75, 3.05) is 11.5 Å². The van der Waals surface area contributed by atoms with Crippen molar-refractivity contribution in [2.45, 2.75) is 25.0 Å². The molecule has 0 radical (unpaired) electrons. The van der Waals surface area contributed by atoms with Crippen LogP contribution >= 0.6 is 11.8 Å². The Morgan fingerprint density at radius 2 is 2.07 bits per heavy atom. The van der Waals surface area contributed by atoms with Gasteiger partial charge in [0.25, 0.3) is 5.56 Å². The molecule has 0 atom stereocenters. The summed E-state index contributed by atoms with van der Waals surface area (Å²) in [6.07, 6.45) is 4.05. The molecule has 0 unspecified atom stereocenters. The van der Waals surface area contributed by atoms with Crippen molar-refractivity contribution in [3.63, 3.8) is 0 Å². The quantitative estimate of drug-likeness (QED) is 0.321. The molecule has 8 nitrogen and oxygen atoms in total. The van der Waals surface area contributed by atoms with Crippen molar-refractivity contribution in [2.24, 2.45) is 7.05 Å². The van der Waals surface area contributed by atoms with Crippen molar-refractivity contribution < 1.29 is 0 Å². The lowest BCUT2D eigenvalue weighted by Crippen LogP contribution is -2.20. The minimum atomic E-state index is -0.0148. The standard InChI is InChI=1S/C18H19N7OS/c1-11-4-5-13-12(8-11)17(26)24(2)18(23-13)27-7-3-6-25-10-22-14-15(19)20-9-21-16(14)25/h4-5,8-10H,3,6-7H2,1-2H3,(H2,19,20,21). The number of rotatable bonds is 5. The van der Waals surface area contributed by atoms with Gasteiger partial charge in [0.2, 0.25) is 0 Å². The van der Waals surface area contributed by atoms with Crippen LogP contribution in [0.5, 0.6) is 0 Å². The fourth-order valence-corrected chi connectivity index (χ4v) is 3.85. The third kappa shape index (κ3) is 3.25. The topological polar surface area (TPSA) is 105 Å². The van der Waals surface area contributed by atoms with E-state index in [4.69, 9.17) is 5.73 Å². The second-order valence-corrected chi connectivity index (χ2v) is 7.41. The van der Waals surface area contributed by atoms with E-state index in [9.17, 15) is 4.79 Å². The second kappa shape index (κ2) is 6.99. The first-order valence-corrected chi connectivity index (χ1v) is 9.54. The van der Waals surface area contributed by atoms with Crippen molar-refractivity contribution in [3.05, 3.63) is 46.8 Å². The zero-order valence-electron chi connectivity index (χ0n) is 15.1. The van der Waals surface area contributed by atoms with Crippen molar-refractivity contribution in [1.82, 2.24) is 29.1 Å². The van der Waals surface area contributed by atoms with E-state index in [-0.39, 0.29) is 5.56 Å². The van der Waals surface area contributed by atoms with Gasteiger partial charge in [-0.25, -0.2) is 19.9 Å². The van der Waals surface area contributed by atoms with Gasteiger partial charge in [0.15, 0.2) is 16.6 Å². The van der Waals surface area contributed by atoms with Gasteiger partial charge in [-0.1, -0.05) is 23.4 Å². The largest absolute Gasteiger partial charge is 0.382 e. The number of fused-ring (bicyclic) bond motifs is 2. The first-order valence-electron chi connectivity index (χ1n) is 8.56. The van der Waals surface area contributed by atoms with E-state index in [2.05, 4.69) is 19.9 Å². The summed E-state index contributed by atoms with van der Waals surface area (Å²) in [6, 6.07) is 5.76. The van der Waals surface area contributed by atoms with Crippen molar-refractivity contribution in [1.29, 1.82) is 0 Å². The first kappa shape index (κ1) is 17.5. The summed E-state index contributed by atoms with van der Waals surface area (Å²) in [5.74, 6) is 1.21. The maximum absolute atomic E-state index is 12.6. The summed E-state index contributed by atoms with van der Waals surface area (Å²) in [5, 5.41) is 1.38. The lowest BCUT2D eigenvalue weighted by Gasteiger charge is -2.09. The summed E-state index contributed by atoms with van der Waals surface area (Å²) in [7, 11) is 1.77. The fourth-order valence-electron chi connectivity index (χ4n) is 2.95. The number of benzene rings is 1. The molecular formula is C18H19N7OS. The van der Waals surface area contributed by atoms with Crippen LogP contribution in [0, 0.1) is 6.92 Å². The number of hydrogen-bond acceptors (Lipinski definition) is 7. The summed E-state index contributed by atoms with van der Waals surface area (Å²) < 4.78 is 3.58. The number of hydrogen-bond donors (Lipinski definition) is 1. The third-order valence-corrected chi connectivity index (χ3v) is 5.51. The molecule has 138 valence electrons. The van der Waals surface area contributed by atoms with Crippen LogP contribution in [-0.4, -0.2) is 34.8 Å². The van der Waals surface area contributed by atoms with Crippen LogP contribution in [-0.2, 0) is 13.6 Å². The van der Waals surface area contributed by atoms with Gasteiger partial charge in [-0.2, -0.15) is 0 Å². The lowest BCUT2D eigenvalue weighted by atomic mass is 10.2. The van der Waals surface area contributed by atoms with E-state index in [1.165, 1.54) is 6.33 Å². The molecule has 3 heterocycles. The van der Waals surface area contributed by atoms with Crippen LogP contribution < -0.4 is 11.3 Å². The van der Waals surface area contributed by atoms with Gasteiger partial charge in [0, 0.05) is 19.3 Å². The third-order valence-electron chi connectivity index (χ3n) is 4.39. The number of aromatic nitrogens is 6. The molecular weight excluding hydrogens is 362 g/mol. The summed E-state index contributed by atoms with van der Waals surface area (Å²) >= 11 is 1.57. The van der Waals surface area contributed by atoms with Crippen LogP contribution in [0.2, 0.25) is 0 Å². The van der Waals surface area contributed by atoms with Crippen LogP contribution in [0.15, 0.2) is 40.8 Å². The number of imidazole rings is 1. The molecule has 0 fully saturated rings. The Balaban J connectivity index is 1.47. The number of thioether (sulfide) groups is 1. The fraction of sp³-hybridized carbons (Fsp3) is 0.278. The van der Waals surface area contributed by atoms with Crippen LogP contribution in [0.25, 0.3) is 22.1 Å². The molecule has 27 heavy (non-hydrogen) atoms. The Hall–Kier alpha value is -2.94. The Labute approximate surface area is 159 Å². The zero-order valence-corrected chi connectivity index (χ0v) is 15.9. The monoisotopic (exact) mass is 381 g/mol. The van der Waals surface area contributed by atoms with Crippen molar-refractivity contribution in [3.8, 4) is 0 Å². The molecule has 4 rings (SSSR count). The highest BCUT2D eigenvalue weighted by Gasteiger charge is 2.10. The summed E-state index contributed by atoms with van der Waals surface area (Å²) in [4.78, 5) is 29.7. The van der Waals surface area contributed by atoms with Crippen LogP contribution in [0.1, 0.15) is 12.0 Å². The van der Waals surface area contributed by atoms with E-state index in [1.807, 2.05) is 29.7 Å². The minimum Gasteiger partial charge on any atom is -0.382 e. The smallest absolute Gasteiger partial charge is 0.261 e. The van der Waals surface area contributed by atoms with Crippen molar-refractivity contribution >= 4 is 39.6 Å². The highest BCUT2D eigenvalue weighted by molar-refractivity contribution is 7.99. The highest BCUT2D eigenvalue weighted by Crippen LogP contribution is 2.20. The molecule has 1 aromatic carbocycles. The maximum Gasteiger partial charge on any atom is 0.261 e. The van der Waals surface area contributed by atoms with E-state index in [1.54, 1.807) is 29.7 Å². The number of nitrogen functional groups attached to an aromatic ring is 1. The van der Waals surface area contributed by atoms with Gasteiger partial charge in [0.05, 0.1) is 17.2 Å². The van der Waals surface area contributed by atoms with Crippen LogP contribution in [0.4, 0.5) is 5.82 Å². The Kier molecular flexibility index (Phi) is 4.53. The lowest BCUT2D eigenvalue weighted by molar-refractivity contribution is 0.691. The number of nitrogens with zero attached hydrogens (tertiary/aromatic N) is 6. The molecule has 4 aromatic rings. The predicted molar refractivity (Wildman–Crippen MR) is 107 cm³/mol. The SMILES string of the molecule is Cc1ccc2nc(SCCCn3cnc4c(N)ncnc43)n(C)c(=O)c2c1. The normalized spacial score (nSPS) is 11.5. The average Bonchev–Trinajstić information content (AvgIpc) is 3.08. The van der Waals surface area contributed by atoms with Gasteiger partial charge >= 0.3 is 0 Å². The minimum absolute atomic E-state index is 0.0148. The van der Waals surface area contributed by atoms with Gasteiger partial charge in [-0.05, 0) is 25.5 Å². The molecule has 0 aliphatic carbocycles. The van der Waals surface area contributed by atoms with E-state index in [0.717, 1.165) is 40.6 Å². The molecule has 0 saturated heterocycles. The molecule has 0 spiro atoms. The van der Waals surface area contributed by atoms with E-state index >= 15 is 0 Å². The number of anilines is 1. The summed E-state index contributed by atoms with van der Waals surface area (Å²) in [5.41, 5.74) is 8.95. The molecule has 0 aliphatic heterocycles. The van der Waals surface area contributed by atoms with Gasteiger partial charge in [-0.3, -0.25) is 9.36 Å². The van der Waals surface area contributed by atoms with Gasteiger partial charge in [0.1, 0.15) is 11.8 Å². The highest BCUT2D eigenvalue weighted by atomic mass is 32.2. The summed E-state index contributed by atoms with van der Waals surface area (Å²) in [6.45, 7) is 2.72. The number of aryl methyl sites for hydroxylation is 2. The molecule has 0 amide bonds. The average molecular weight is 381 g/mol. The molecule has 9 heteroatoms.